The van der Waals surface area contributed by atoms with Crippen LogP contribution in [0.2, 0.25) is 0 Å². The molecule has 0 radical (unpaired) electrons. The Hall–Kier alpha value is -6.77. The molecular formula is C92H76Cl6NP4Ru2+7. The zero-order valence-electron chi connectivity index (χ0n) is 57.7. The first-order valence-corrected chi connectivity index (χ1v) is 39.0. The summed E-state index contributed by atoms with van der Waals surface area (Å²) in [6, 6.07) is 144. The van der Waals surface area contributed by atoms with Gasteiger partial charge in [-0.2, -0.15) is 0 Å². The Bertz CT molecular complexity index is 4450. The smallest absolute Gasteiger partial charge is 1.00 e. The van der Waals surface area contributed by atoms with Crippen LogP contribution in [0.5, 0.6) is 0 Å². The zero-order valence-corrected chi connectivity index (χ0v) is 69.3. The summed E-state index contributed by atoms with van der Waals surface area (Å²) in [4.78, 5) is 0. The maximum Gasteiger partial charge on any atom is 6.00 e. The van der Waals surface area contributed by atoms with Crippen LogP contribution in [0.25, 0.3) is 65.3 Å². The predicted octanol–water partition coefficient (Wildman–Crippen LogP) is -0.0386. The molecule has 16 aromatic rings. The van der Waals surface area contributed by atoms with Crippen LogP contribution >= 0.6 is 31.7 Å². The minimum atomic E-state index is -0.852. The average molecular weight is 1730 g/mol. The van der Waals surface area contributed by atoms with Crippen molar-refractivity contribution in [2.45, 2.75) is 13.8 Å². The first-order valence-electron chi connectivity index (χ1n) is 33.7. The van der Waals surface area contributed by atoms with Gasteiger partial charge in [-0.3, -0.25) is 0 Å². The van der Waals surface area contributed by atoms with Crippen LogP contribution < -0.4 is 143 Å². The Balaban J connectivity index is 0.000000289. The van der Waals surface area contributed by atoms with Crippen molar-refractivity contribution in [2.75, 3.05) is 13.1 Å². The van der Waals surface area contributed by atoms with Gasteiger partial charge in [0.25, 0.3) is 0 Å². The van der Waals surface area contributed by atoms with E-state index in [1.165, 1.54) is 142 Å². The van der Waals surface area contributed by atoms with Crippen LogP contribution in [0.15, 0.2) is 388 Å². The number of nitrogens with two attached hydrogens (primary N) is 1. The maximum absolute atomic E-state index is 2.42. The Morgan fingerprint density at radius 3 is 0.467 bits per heavy atom. The molecule has 0 bridgehead atoms. The van der Waals surface area contributed by atoms with Crippen molar-refractivity contribution in [1.29, 1.82) is 0 Å². The van der Waals surface area contributed by atoms with Crippen molar-refractivity contribution in [3.8, 4) is 22.3 Å². The molecule has 0 aliphatic carbocycles. The minimum Gasteiger partial charge on any atom is -1.00 e. The fraction of sp³-hybridized carbons (Fsp3) is 0.0435. The second kappa shape index (κ2) is 43.3. The Kier molecular flexibility index (Phi) is 35.9. The van der Waals surface area contributed by atoms with Crippen molar-refractivity contribution in [2.24, 2.45) is 0 Å². The topological polar surface area (TPSA) is 16.6 Å². The van der Waals surface area contributed by atoms with Gasteiger partial charge < -0.3 is 79.8 Å². The third-order valence-electron chi connectivity index (χ3n) is 17.8. The summed E-state index contributed by atoms with van der Waals surface area (Å²) < 4.78 is 0. The number of rotatable bonds is 16. The zero-order chi connectivity index (χ0) is 65.5. The molecule has 0 saturated heterocycles. The number of quaternary nitrogens is 1. The monoisotopic (exact) mass is 1730 g/mol. The predicted molar refractivity (Wildman–Crippen MR) is 432 cm³/mol. The van der Waals surface area contributed by atoms with E-state index >= 15 is 0 Å². The number of hydrogen-bond donors (Lipinski definition) is 1. The fourth-order valence-electron chi connectivity index (χ4n) is 13.5. The minimum absolute atomic E-state index is 0. The van der Waals surface area contributed by atoms with Gasteiger partial charge in [0, 0.05) is 0 Å². The molecule has 16 aromatic carbocycles. The molecule has 0 atom stereocenters. The molecule has 0 heterocycles. The Morgan fingerprint density at radius 1 is 0.181 bits per heavy atom. The standard InChI is InChI=1S/2C44H32P2.C4H11N.6ClH.2Ru/c2*1-5-19-35(20-6-1)45(36-21-7-2-8-22-36)41-31-29-33-17-13-15-27-39(33)43(41)44-40-28-16-14-18-34(40)30-32-42(44)46(37-23-9-3-10-24-37)38-25-11-4-12-26-38;1-3-5-4-2;;;;;;;;/h2*1-32H;5H,3-4H2,1-2H3;6*1H;;/q;;;;;;;;;2*+6/p-5. The van der Waals surface area contributed by atoms with Crippen LogP contribution in [0, 0.1) is 0 Å². The molecule has 2 N–H and O–H groups in total. The van der Waals surface area contributed by atoms with Crippen molar-refractivity contribution >= 4 is 138 Å². The van der Waals surface area contributed by atoms with E-state index in [0.29, 0.717) is 0 Å². The number of benzene rings is 16. The Morgan fingerprint density at radius 2 is 0.324 bits per heavy atom. The molecule has 105 heavy (non-hydrogen) atoms. The SMILES string of the molecule is CC[NH2+]CC.[Cl-].[Cl-].[Cl-].[Cl-].[Cl-].[Cl-].[Ru+6].[Ru+6].c1ccc(P(c2ccccc2)c2ccc3ccccc3c2-c2c(P(c3ccccc3)c3ccccc3)ccc3ccccc23)cc1.c1ccc(P(c2ccccc2)c2ccc3ccccc3c2-c2c(P(c3ccccc3)c3ccccc3)ccc3ccccc23)cc1. The van der Waals surface area contributed by atoms with E-state index in [-0.39, 0.29) is 113 Å². The molecule has 0 saturated carbocycles. The van der Waals surface area contributed by atoms with Gasteiger partial charge in [-0.05, 0) is 175 Å². The first-order chi connectivity index (χ1) is 48.1. The summed E-state index contributed by atoms with van der Waals surface area (Å²) in [5.41, 5.74) is 5.40. The van der Waals surface area contributed by atoms with Crippen molar-refractivity contribution < 1.29 is 119 Å². The van der Waals surface area contributed by atoms with Crippen LogP contribution in [-0.4, -0.2) is 13.1 Å². The van der Waals surface area contributed by atoms with Gasteiger partial charge in [-0.15, -0.1) is 0 Å². The van der Waals surface area contributed by atoms with Gasteiger partial charge in [0.15, 0.2) is 0 Å². The molecule has 0 amide bonds. The van der Waals surface area contributed by atoms with Gasteiger partial charge >= 0.3 is 39.0 Å². The molecule has 0 unspecified atom stereocenters. The van der Waals surface area contributed by atoms with Crippen LogP contribution in [0.4, 0.5) is 0 Å². The third-order valence-corrected chi connectivity index (χ3v) is 27.7. The molecule has 1 nitrogen and oxygen atoms in total. The van der Waals surface area contributed by atoms with E-state index in [2.05, 4.69) is 407 Å². The van der Waals surface area contributed by atoms with Crippen LogP contribution in [0.3, 0.4) is 0 Å². The van der Waals surface area contributed by atoms with Crippen molar-refractivity contribution in [3.63, 3.8) is 0 Å². The number of hydrogen-bond acceptors (Lipinski definition) is 0. The summed E-state index contributed by atoms with van der Waals surface area (Å²) in [6.07, 6.45) is 0. The van der Waals surface area contributed by atoms with E-state index in [4.69, 9.17) is 0 Å². The molecule has 0 aromatic heterocycles. The Labute approximate surface area is 687 Å². The molecule has 520 valence electrons. The summed E-state index contributed by atoms with van der Waals surface area (Å²) in [5, 5.41) is 28.9. The van der Waals surface area contributed by atoms with Crippen LogP contribution in [0.1, 0.15) is 13.8 Å². The van der Waals surface area contributed by atoms with Gasteiger partial charge in [-0.25, -0.2) is 0 Å². The number of fused-ring (bicyclic) bond motifs is 4. The van der Waals surface area contributed by atoms with Gasteiger partial charge in [0.2, 0.25) is 0 Å². The average Bonchev–Trinajstić information content (AvgIpc) is 0.738. The van der Waals surface area contributed by atoms with E-state index < -0.39 is 31.7 Å². The van der Waals surface area contributed by atoms with E-state index in [9.17, 15) is 0 Å². The third kappa shape index (κ3) is 19.8. The largest absolute Gasteiger partial charge is 6.00 e. The molecule has 13 heteroatoms. The van der Waals surface area contributed by atoms with Gasteiger partial charge in [-0.1, -0.05) is 388 Å². The van der Waals surface area contributed by atoms with E-state index in [1.807, 2.05) is 0 Å². The normalized spacial score (nSPS) is 10.4. The fourth-order valence-corrected chi connectivity index (χ4v) is 23.3. The second-order valence-electron chi connectivity index (χ2n) is 23.9. The molecular weight excluding hydrogens is 1660 g/mol. The van der Waals surface area contributed by atoms with Gasteiger partial charge in [0.05, 0.1) is 13.1 Å². The quantitative estimate of drug-likeness (QED) is 0.104. The summed E-state index contributed by atoms with van der Waals surface area (Å²) in [5.74, 6) is 0. The first kappa shape index (κ1) is 87.1. The van der Waals surface area contributed by atoms with Crippen molar-refractivity contribution in [1.82, 2.24) is 0 Å². The summed E-state index contributed by atoms with van der Waals surface area (Å²) in [7, 11) is -3.41. The maximum atomic E-state index is 2.42. The summed E-state index contributed by atoms with van der Waals surface area (Å²) in [6.45, 7) is 6.75. The molecule has 0 aliphatic heterocycles. The van der Waals surface area contributed by atoms with Gasteiger partial charge in [0.1, 0.15) is 0 Å². The molecule has 16 rings (SSSR count). The number of halogens is 6. The molecule has 0 fully saturated rings. The van der Waals surface area contributed by atoms with E-state index in [1.54, 1.807) is 0 Å². The second-order valence-corrected chi connectivity index (χ2v) is 32.6. The molecule has 0 spiro atoms. The van der Waals surface area contributed by atoms with Crippen molar-refractivity contribution in [3.05, 3.63) is 388 Å². The summed E-state index contributed by atoms with van der Waals surface area (Å²) >= 11 is 0. The van der Waals surface area contributed by atoms with Crippen LogP contribution in [-0.2, 0) is 39.0 Å². The molecule has 0 aliphatic rings. The van der Waals surface area contributed by atoms with E-state index in [0.717, 1.165) is 0 Å².